The van der Waals surface area contributed by atoms with E-state index in [0.29, 0.717) is 6.54 Å². The number of hydrogen-bond acceptors (Lipinski definition) is 2. The zero-order chi connectivity index (χ0) is 14.5. The fraction of sp³-hybridized carbons (Fsp3) is 0.611. The highest BCUT2D eigenvalue weighted by Crippen LogP contribution is 2.24. The first-order valence-corrected chi connectivity index (χ1v) is 8.43. The molecule has 0 bridgehead atoms. The molecule has 0 radical (unpaired) electrons. The maximum atomic E-state index is 12.4. The average Bonchev–Trinajstić information content (AvgIpc) is 2.82. The lowest BCUT2D eigenvalue weighted by molar-refractivity contribution is -0.125. The highest BCUT2D eigenvalue weighted by molar-refractivity contribution is 5.78. The zero-order valence-corrected chi connectivity index (χ0v) is 12.7. The van der Waals surface area contributed by atoms with Gasteiger partial charge in [-0.3, -0.25) is 4.79 Å². The van der Waals surface area contributed by atoms with Crippen molar-refractivity contribution in [1.82, 2.24) is 10.6 Å². The molecule has 3 rings (SSSR count). The maximum Gasteiger partial charge on any atom is 0.223 e. The fourth-order valence-electron chi connectivity index (χ4n) is 3.66. The molecule has 1 heterocycles. The van der Waals surface area contributed by atoms with E-state index in [4.69, 9.17) is 0 Å². The van der Waals surface area contributed by atoms with Gasteiger partial charge in [-0.15, -0.1) is 0 Å². The molecule has 3 heteroatoms. The summed E-state index contributed by atoms with van der Waals surface area (Å²) in [5.41, 5.74) is 2.77. The lowest BCUT2D eigenvalue weighted by Crippen LogP contribution is -2.40. The second kappa shape index (κ2) is 7.08. The van der Waals surface area contributed by atoms with Crippen molar-refractivity contribution in [2.75, 3.05) is 13.1 Å². The normalized spacial score (nSPS) is 23.1. The number of amides is 1. The molecule has 1 aromatic rings. The monoisotopic (exact) mass is 286 g/mol. The van der Waals surface area contributed by atoms with Gasteiger partial charge in [0, 0.05) is 18.5 Å². The Hall–Kier alpha value is -1.35. The third-order valence-electron chi connectivity index (χ3n) is 4.92. The van der Waals surface area contributed by atoms with E-state index in [-0.39, 0.29) is 17.9 Å². The Balaban J connectivity index is 1.56. The van der Waals surface area contributed by atoms with Crippen LogP contribution in [-0.2, 0) is 11.2 Å². The molecule has 0 aromatic heterocycles. The SMILES string of the molecule is O=C(NCC1NCCc2ccccc21)C1CCCCCC1. The minimum Gasteiger partial charge on any atom is -0.354 e. The molecule has 1 fully saturated rings. The Bertz CT molecular complexity index is 478. The maximum absolute atomic E-state index is 12.4. The third kappa shape index (κ3) is 3.65. The summed E-state index contributed by atoms with van der Waals surface area (Å²) in [5, 5.41) is 6.72. The van der Waals surface area contributed by atoms with Gasteiger partial charge in [0.2, 0.25) is 5.91 Å². The lowest BCUT2D eigenvalue weighted by atomic mass is 9.94. The van der Waals surface area contributed by atoms with E-state index < -0.39 is 0 Å². The third-order valence-corrected chi connectivity index (χ3v) is 4.92. The molecule has 0 spiro atoms. The van der Waals surface area contributed by atoms with Crippen molar-refractivity contribution < 1.29 is 4.79 Å². The molecule has 3 nitrogen and oxygen atoms in total. The van der Waals surface area contributed by atoms with Crippen molar-refractivity contribution >= 4 is 5.91 Å². The van der Waals surface area contributed by atoms with Crippen molar-refractivity contribution in [2.45, 2.75) is 51.0 Å². The summed E-state index contributed by atoms with van der Waals surface area (Å²) in [6.07, 6.45) is 8.23. The molecule has 1 aliphatic heterocycles. The number of benzene rings is 1. The van der Waals surface area contributed by atoms with E-state index in [2.05, 4.69) is 34.9 Å². The van der Waals surface area contributed by atoms with Crippen LogP contribution < -0.4 is 10.6 Å². The molecule has 2 aliphatic rings. The van der Waals surface area contributed by atoms with Gasteiger partial charge in [-0.1, -0.05) is 49.9 Å². The van der Waals surface area contributed by atoms with Gasteiger partial charge >= 0.3 is 0 Å². The molecule has 114 valence electrons. The first-order chi connectivity index (χ1) is 10.3. The van der Waals surface area contributed by atoms with Crippen LogP contribution in [-0.4, -0.2) is 19.0 Å². The van der Waals surface area contributed by atoms with Crippen LogP contribution in [0.1, 0.15) is 55.7 Å². The second-order valence-electron chi connectivity index (χ2n) is 6.39. The van der Waals surface area contributed by atoms with E-state index in [0.717, 1.165) is 25.8 Å². The first kappa shape index (κ1) is 14.6. The van der Waals surface area contributed by atoms with E-state index >= 15 is 0 Å². The van der Waals surface area contributed by atoms with Gasteiger partial charge in [-0.25, -0.2) is 0 Å². The Kier molecular flexibility index (Phi) is 4.91. The largest absolute Gasteiger partial charge is 0.354 e. The van der Waals surface area contributed by atoms with Crippen molar-refractivity contribution in [2.24, 2.45) is 5.92 Å². The smallest absolute Gasteiger partial charge is 0.223 e. The average molecular weight is 286 g/mol. The molecule has 1 aromatic carbocycles. The molecule has 1 aliphatic carbocycles. The van der Waals surface area contributed by atoms with Crippen LogP contribution >= 0.6 is 0 Å². The van der Waals surface area contributed by atoms with E-state index in [1.807, 2.05) is 0 Å². The number of nitrogens with one attached hydrogen (secondary N) is 2. The fourth-order valence-corrected chi connectivity index (χ4v) is 3.66. The van der Waals surface area contributed by atoms with Gasteiger partial charge in [0.15, 0.2) is 0 Å². The summed E-state index contributed by atoms with van der Waals surface area (Å²) in [7, 11) is 0. The summed E-state index contributed by atoms with van der Waals surface area (Å²) in [6.45, 7) is 1.72. The topological polar surface area (TPSA) is 41.1 Å². The Morgan fingerprint density at radius 3 is 2.71 bits per heavy atom. The molecule has 2 N–H and O–H groups in total. The summed E-state index contributed by atoms with van der Waals surface area (Å²) >= 11 is 0. The quantitative estimate of drug-likeness (QED) is 0.839. The van der Waals surface area contributed by atoms with Gasteiger partial charge in [-0.05, 0) is 36.9 Å². The summed E-state index contributed by atoms with van der Waals surface area (Å²) < 4.78 is 0. The zero-order valence-electron chi connectivity index (χ0n) is 12.7. The van der Waals surface area contributed by atoms with E-state index in [1.165, 1.54) is 36.8 Å². The number of carbonyl (C=O) groups excluding carboxylic acids is 1. The molecule has 1 atom stereocenters. The highest BCUT2D eigenvalue weighted by atomic mass is 16.1. The minimum absolute atomic E-state index is 0.242. The molecule has 1 saturated carbocycles. The molecular weight excluding hydrogens is 260 g/mol. The van der Waals surface area contributed by atoms with Crippen LogP contribution in [0.4, 0.5) is 0 Å². The lowest BCUT2D eigenvalue weighted by Gasteiger charge is -2.27. The molecule has 0 saturated heterocycles. The van der Waals surface area contributed by atoms with Gasteiger partial charge in [0.25, 0.3) is 0 Å². The Morgan fingerprint density at radius 2 is 1.90 bits per heavy atom. The minimum atomic E-state index is 0.242. The van der Waals surface area contributed by atoms with Crippen molar-refractivity contribution in [3.8, 4) is 0 Å². The van der Waals surface area contributed by atoms with E-state index in [1.54, 1.807) is 0 Å². The summed E-state index contributed by atoms with van der Waals surface area (Å²) in [6, 6.07) is 8.85. The van der Waals surface area contributed by atoms with Crippen LogP contribution in [0, 0.1) is 5.92 Å². The number of hydrogen-bond donors (Lipinski definition) is 2. The number of rotatable bonds is 3. The number of carbonyl (C=O) groups is 1. The van der Waals surface area contributed by atoms with Crippen molar-refractivity contribution in [3.05, 3.63) is 35.4 Å². The first-order valence-electron chi connectivity index (χ1n) is 8.43. The summed E-state index contributed by atoms with van der Waals surface area (Å²) in [5.74, 6) is 0.507. The van der Waals surface area contributed by atoms with Crippen LogP contribution in [0.25, 0.3) is 0 Å². The van der Waals surface area contributed by atoms with Gasteiger partial charge in [0.1, 0.15) is 0 Å². The highest BCUT2D eigenvalue weighted by Gasteiger charge is 2.23. The van der Waals surface area contributed by atoms with Gasteiger partial charge in [0.05, 0.1) is 0 Å². The predicted molar refractivity (Wildman–Crippen MR) is 85.1 cm³/mol. The Morgan fingerprint density at radius 1 is 1.14 bits per heavy atom. The number of fused-ring (bicyclic) bond motifs is 1. The molecule has 21 heavy (non-hydrogen) atoms. The molecular formula is C18H26N2O. The van der Waals surface area contributed by atoms with Crippen LogP contribution in [0.2, 0.25) is 0 Å². The molecule has 1 amide bonds. The second-order valence-corrected chi connectivity index (χ2v) is 6.39. The standard InChI is InChI=1S/C18H26N2O/c21-18(15-8-3-1-2-4-9-15)20-13-17-16-10-6-5-7-14(16)11-12-19-17/h5-7,10,15,17,19H,1-4,8-9,11-13H2,(H,20,21). The van der Waals surface area contributed by atoms with Crippen molar-refractivity contribution in [1.29, 1.82) is 0 Å². The van der Waals surface area contributed by atoms with Gasteiger partial charge in [-0.2, -0.15) is 0 Å². The predicted octanol–water partition coefficient (Wildman–Crippen LogP) is 2.96. The van der Waals surface area contributed by atoms with Gasteiger partial charge < -0.3 is 10.6 Å². The van der Waals surface area contributed by atoms with Crippen LogP contribution in [0.15, 0.2) is 24.3 Å². The van der Waals surface area contributed by atoms with Crippen LogP contribution in [0.3, 0.4) is 0 Å². The van der Waals surface area contributed by atoms with E-state index in [9.17, 15) is 4.79 Å². The Labute approximate surface area is 127 Å². The van der Waals surface area contributed by atoms with Crippen LogP contribution in [0.5, 0.6) is 0 Å². The van der Waals surface area contributed by atoms with Crippen molar-refractivity contribution in [3.63, 3.8) is 0 Å². The summed E-state index contributed by atoms with van der Waals surface area (Å²) in [4.78, 5) is 12.4. The molecule has 1 unspecified atom stereocenters.